The zero-order valence-corrected chi connectivity index (χ0v) is 9.17. The molecule has 3 rings (SSSR count). The van der Waals surface area contributed by atoms with Gasteiger partial charge in [0.05, 0.1) is 0 Å². The van der Waals surface area contributed by atoms with Crippen LogP contribution in [0.2, 0.25) is 0 Å². The molecule has 2 unspecified atom stereocenters. The van der Waals surface area contributed by atoms with Gasteiger partial charge in [0.2, 0.25) is 0 Å². The first-order valence-corrected chi connectivity index (χ1v) is 6.12. The maximum atomic E-state index is 12.0. The number of carbonyl (C=O) groups is 1. The molecule has 2 saturated heterocycles. The van der Waals surface area contributed by atoms with Gasteiger partial charge in [0, 0.05) is 37.8 Å². The summed E-state index contributed by atoms with van der Waals surface area (Å²) < 4.78 is 0. The van der Waals surface area contributed by atoms with Crippen LogP contribution in [0.4, 0.5) is 0 Å². The lowest BCUT2D eigenvalue weighted by molar-refractivity contribution is 0.0781. The normalized spacial score (nSPS) is 29.5. The summed E-state index contributed by atoms with van der Waals surface area (Å²) in [6.07, 6.45) is 1.69. The minimum absolute atomic E-state index is 0.111. The van der Waals surface area contributed by atoms with Crippen LogP contribution in [-0.2, 0) is 0 Å². The first-order valence-electron chi connectivity index (χ1n) is 5.24. The summed E-state index contributed by atoms with van der Waals surface area (Å²) in [6, 6.07) is 0. The Hall–Kier alpha value is -0.940. The molecule has 15 heavy (non-hydrogen) atoms. The van der Waals surface area contributed by atoms with Gasteiger partial charge in [-0.3, -0.25) is 4.79 Å². The largest absolute Gasteiger partial charge is 0.336 e. The third-order valence-electron chi connectivity index (χ3n) is 3.29. The van der Waals surface area contributed by atoms with Crippen molar-refractivity contribution in [3.8, 4) is 0 Å². The summed E-state index contributed by atoms with van der Waals surface area (Å²) in [5.41, 5.74) is 0. The summed E-state index contributed by atoms with van der Waals surface area (Å²) >= 11 is 1.43. The van der Waals surface area contributed by atoms with Crippen molar-refractivity contribution in [3.63, 3.8) is 0 Å². The van der Waals surface area contributed by atoms with Crippen molar-refractivity contribution < 1.29 is 4.79 Å². The predicted octanol–water partition coefficient (Wildman–Crippen LogP) is 0.434. The minimum Gasteiger partial charge on any atom is -0.336 e. The van der Waals surface area contributed by atoms with Crippen molar-refractivity contribution in [1.29, 1.82) is 0 Å². The number of hydrogen-bond donors (Lipinski definition) is 1. The van der Waals surface area contributed by atoms with E-state index in [0.29, 0.717) is 16.8 Å². The molecule has 1 aromatic heterocycles. The highest BCUT2D eigenvalue weighted by Gasteiger charge is 2.38. The number of carbonyl (C=O) groups excluding carboxylic acids is 1. The molecule has 0 radical (unpaired) electrons. The molecule has 0 aliphatic carbocycles. The Balaban J connectivity index is 1.72. The molecule has 1 N–H and O–H groups in total. The topological polar surface area (TPSA) is 45.2 Å². The molecular formula is C10H13N3OS. The fourth-order valence-corrected chi connectivity index (χ4v) is 3.09. The lowest BCUT2D eigenvalue weighted by Gasteiger charge is -2.15. The van der Waals surface area contributed by atoms with Crippen LogP contribution in [0.25, 0.3) is 0 Å². The molecule has 1 aromatic rings. The Labute approximate surface area is 92.3 Å². The molecule has 5 heteroatoms. The van der Waals surface area contributed by atoms with Crippen LogP contribution in [0, 0.1) is 11.8 Å². The SMILES string of the molecule is O=C(c1nccs1)N1CC2CNCC2C1. The molecule has 2 atom stereocenters. The van der Waals surface area contributed by atoms with Gasteiger partial charge in [-0.05, 0) is 11.8 Å². The lowest BCUT2D eigenvalue weighted by atomic mass is 10.0. The zero-order chi connectivity index (χ0) is 10.3. The monoisotopic (exact) mass is 223 g/mol. The van der Waals surface area contributed by atoms with Crippen LogP contribution in [0.1, 0.15) is 9.80 Å². The minimum atomic E-state index is 0.111. The van der Waals surface area contributed by atoms with Crippen molar-refractivity contribution in [2.75, 3.05) is 26.2 Å². The van der Waals surface area contributed by atoms with E-state index in [0.717, 1.165) is 26.2 Å². The van der Waals surface area contributed by atoms with Crippen LogP contribution < -0.4 is 5.32 Å². The van der Waals surface area contributed by atoms with Gasteiger partial charge in [-0.1, -0.05) is 0 Å². The molecule has 0 spiro atoms. The molecule has 80 valence electrons. The van der Waals surface area contributed by atoms with Crippen LogP contribution in [-0.4, -0.2) is 42.0 Å². The Morgan fingerprint density at radius 1 is 1.47 bits per heavy atom. The molecule has 0 saturated carbocycles. The van der Waals surface area contributed by atoms with Gasteiger partial charge < -0.3 is 10.2 Å². The highest BCUT2D eigenvalue weighted by atomic mass is 32.1. The first kappa shape index (κ1) is 9.30. The van der Waals surface area contributed by atoms with E-state index in [4.69, 9.17) is 0 Å². The van der Waals surface area contributed by atoms with Crippen LogP contribution in [0.3, 0.4) is 0 Å². The van der Waals surface area contributed by atoms with Crippen molar-refractivity contribution in [3.05, 3.63) is 16.6 Å². The van der Waals surface area contributed by atoms with Crippen molar-refractivity contribution in [2.24, 2.45) is 11.8 Å². The number of thiazole rings is 1. The number of aromatic nitrogens is 1. The van der Waals surface area contributed by atoms with Crippen molar-refractivity contribution in [2.45, 2.75) is 0 Å². The smallest absolute Gasteiger partial charge is 0.282 e. The fourth-order valence-electron chi connectivity index (χ4n) is 2.49. The fraction of sp³-hybridized carbons (Fsp3) is 0.600. The molecule has 3 heterocycles. The third kappa shape index (κ3) is 1.55. The predicted molar refractivity (Wildman–Crippen MR) is 57.9 cm³/mol. The molecule has 0 aromatic carbocycles. The Morgan fingerprint density at radius 3 is 2.80 bits per heavy atom. The van der Waals surface area contributed by atoms with E-state index in [-0.39, 0.29) is 5.91 Å². The summed E-state index contributed by atoms with van der Waals surface area (Å²) in [4.78, 5) is 18.0. The van der Waals surface area contributed by atoms with E-state index < -0.39 is 0 Å². The van der Waals surface area contributed by atoms with Gasteiger partial charge in [0.25, 0.3) is 5.91 Å². The van der Waals surface area contributed by atoms with Gasteiger partial charge in [-0.2, -0.15) is 0 Å². The van der Waals surface area contributed by atoms with E-state index >= 15 is 0 Å². The number of fused-ring (bicyclic) bond motifs is 1. The van der Waals surface area contributed by atoms with E-state index in [1.807, 2.05) is 10.3 Å². The number of nitrogens with one attached hydrogen (secondary N) is 1. The maximum Gasteiger partial charge on any atom is 0.282 e. The highest BCUT2D eigenvalue weighted by molar-refractivity contribution is 7.11. The van der Waals surface area contributed by atoms with Gasteiger partial charge in [-0.15, -0.1) is 11.3 Å². The third-order valence-corrected chi connectivity index (χ3v) is 4.05. The highest BCUT2D eigenvalue weighted by Crippen LogP contribution is 2.27. The van der Waals surface area contributed by atoms with Gasteiger partial charge in [0.1, 0.15) is 0 Å². The molecular weight excluding hydrogens is 210 g/mol. The number of amides is 1. The number of rotatable bonds is 1. The molecule has 2 fully saturated rings. The summed E-state index contributed by atoms with van der Waals surface area (Å²) in [7, 11) is 0. The second-order valence-corrected chi connectivity index (χ2v) is 5.12. The Kier molecular flexibility index (Phi) is 2.21. The summed E-state index contributed by atoms with van der Waals surface area (Å²) in [5, 5.41) is 5.85. The Morgan fingerprint density at radius 2 is 2.20 bits per heavy atom. The second kappa shape index (κ2) is 3.57. The summed E-state index contributed by atoms with van der Waals surface area (Å²) in [5.74, 6) is 1.43. The molecule has 2 aliphatic rings. The van der Waals surface area contributed by atoms with Crippen LogP contribution in [0.5, 0.6) is 0 Å². The van der Waals surface area contributed by atoms with Gasteiger partial charge in [0.15, 0.2) is 5.01 Å². The van der Waals surface area contributed by atoms with E-state index in [9.17, 15) is 4.79 Å². The molecule has 2 aliphatic heterocycles. The Bertz CT molecular complexity index is 353. The average Bonchev–Trinajstić information content (AvgIpc) is 2.92. The molecule has 0 bridgehead atoms. The quantitative estimate of drug-likeness (QED) is 0.751. The van der Waals surface area contributed by atoms with Crippen molar-refractivity contribution >= 4 is 17.2 Å². The zero-order valence-electron chi connectivity index (χ0n) is 8.35. The lowest BCUT2D eigenvalue weighted by Crippen LogP contribution is -2.31. The number of hydrogen-bond acceptors (Lipinski definition) is 4. The molecule has 1 amide bonds. The van der Waals surface area contributed by atoms with E-state index in [1.165, 1.54) is 11.3 Å². The number of nitrogens with zero attached hydrogens (tertiary/aromatic N) is 2. The first-order chi connectivity index (χ1) is 7.34. The number of likely N-dealkylation sites (tertiary alicyclic amines) is 1. The van der Waals surface area contributed by atoms with Gasteiger partial charge >= 0.3 is 0 Å². The standard InChI is InChI=1S/C10H13N3OS/c14-10(9-12-1-2-15-9)13-5-7-3-11-4-8(7)6-13/h1-2,7-8,11H,3-6H2. The maximum absolute atomic E-state index is 12.0. The van der Waals surface area contributed by atoms with Gasteiger partial charge in [-0.25, -0.2) is 4.98 Å². The van der Waals surface area contributed by atoms with Crippen molar-refractivity contribution in [1.82, 2.24) is 15.2 Å². The van der Waals surface area contributed by atoms with E-state index in [2.05, 4.69) is 10.3 Å². The van der Waals surface area contributed by atoms with Crippen LogP contribution in [0.15, 0.2) is 11.6 Å². The molecule has 4 nitrogen and oxygen atoms in total. The summed E-state index contributed by atoms with van der Waals surface area (Å²) in [6.45, 7) is 3.92. The second-order valence-electron chi connectivity index (χ2n) is 4.23. The van der Waals surface area contributed by atoms with Crippen LogP contribution >= 0.6 is 11.3 Å². The average molecular weight is 223 g/mol. The van der Waals surface area contributed by atoms with E-state index in [1.54, 1.807) is 6.20 Å².